The van der Waals surface area contributed by atoms with Crippen LogP contribution in [0.15, 0.2) is 36.5 Å². The van der Waals surface area contributed by atoms with Gasteiger partial charge >= 0.3 is 12.1 Å². The lowest BCUT2D eigenvalue weighted by Crippen LogP contribution is -2.49. The molecule has 1 N–H and O–H groups in total. The summed E-state index contributed by atoms with van der Waals surface area (Å²) in [6, 6.07) is 9.17. The largest absolute Gasteiger partial charge is 0.496 e. The molecule has 2 aliphatic rings. The molecule has 0 spiro atoms. The number of rotatable bonds is 10. The molecule has 244 valence electrons. The molecule has 3 aromatic rings. The Morgan fingerprint density at radius 2 is 1.84 bits per heavy atom. The summed E-state index contributed by atoms with van der Waals surface area (Å²) in [4.78, 5) is 29.8. The number of ether oxygens (including phenoxy) is 3. The van der Waals surface area contributed by atoms with Gasteiger partial charge in [0.15, 0.2) is 0 Å². The smallest absolute Gasteiger partial charge is 0.419 e. The highest BCUT2D eigenvalue weighted by Gasteiger charge is 2.32. The maximum absolute atomic E-state index is 13.5. The van der Waals surface area contributed by atoms with Gasteiger partial charge in [0.25, 0.3) is 6.43 Å². The zero-order valence-electron chi connectivity index (χ0n) is 27.0. The van der Waals surface area contributed by atoms with Gasteiger partial charge in [-0.05, 0) is 81.8 Å². The quantitative estimate of drug-likeness (QED) is 0.256. The van der Waals surface area contributed by atoms with E-state index < -0.39 is 24.1 Å². The van der Waals surface area contributed by atoms with Crippen LogP contribution in [0.2, 0.25) is 0 Å². The lowest BCUT2D eigenvalue weighted by Gasteiger charge is -2.42. The van der Waals surface area contributed by atoms with Crippen LogP contribution in [0.25, 0.3) is 10.9 Å². The highest BCUT2D eigenvalue weighted by molar-refractivity contribution is 5.96. The number of hydrogen-bond acceptors (Lipinski definition) is 8. The van der Waals surface area contributed by atoms with Gasteiger partial charge in [-0.15, -0.1) is 0 Å². The van der Waals surface area contributed by atoms with Gasteiger partial charge < -0.3 is 19.5 Å². The van der Waals surface area contributed by atoms with E-state index in [0.717, 1.165) is 47.0 Å². The Labute approximate surface area is 263 Å². The second-order valence-corrected chi connectivity index (χ2v) is 13.1. The molecular weight excluding hydrogens is 582 g/mol. The van der Waals surface area contributed by atoms with Crippen molar-refractivity contribution in [3.63, 3.8) is 0 Å². The summed E-state index contributed by atoms with van der Waals surface area (Å²) in [5.41, 5.74) is 3.88. The van der Waals surface area contributed by atoms with Crippen LogP contribution in [0.3, 0.4) is 0 Å². The zero-order valence-corrected chi connectivity index (χ0v) is 27.0. The van der Waals surface area contributed by atoms with E-state index in [0.29, 0.717) is 49.1 Å². The summed E-state index contributed by atoms with van der Waals surface area (Å²) in [7, 11) is 2.98. The minimum absolute atomic E-state index is 0.250. The van der Waals surface area contributed by atoms with Crippen LogP contribution in [0.1, 0.15) is 66.7 Å². The number of aromatic nitrogens is 1. The van der Waals surface area contributed by atoms with E-state index in [2.05, 4.69) is 10.2 Å². The number of methoxy groups -OCH3 is 2. The Bertz CT molecular complexity index is 1550. The van der Waals surface area contributed by atoms with E-state index in [1.165, 1.54) is 11.7 Å². The number of aryl methyl sites for hydroxylation is 1. The van der Waals surface area contributed by atoms with E-state index >= 15 is 0 Å². The first kappa shape index (κ1) is 32.7. The van der Waals surface area contributed by atoms with Gasteiger partial charge in [-0.25, -0.2) is 18.4 Å². The summed E-state index contributed by atoms with van der Waals surface area (Å²) in [5.74, 6) is 0.834. The Morgan fingerprint density at radius 3 is 2.49 bits per heavy atom. The van der Waals surface area contributed by atoms with Crippen molar-refractivity contribution < 1.29 is 32.6 Å². The van der Waals surface area contributed by atoms with Gasteiger partial charge in [-0.1, -0.05) is 6.07 Å². The van der Waals surface area contributed by atoms with Gasteiger partial charge in [-0.2, -0.15) is 0 Å². The lowest BCUT2D eigenvalue weighted by molar-refractivity contribution is 0.0245. The number of alkyl halides is 2. The molecule has 0 bridgehead atoms. The Balaban J connectivity index is 1.53. The molecule has 0 amide bonds. The number of halogens is 2. The predicted molar refractivity (Wildman–Crippen MR) is 169 cm³/mol. The molecule has 45 heavy (non-hydrogen) atoms. The molecule has 1 atom stereocenters. The predicted octanol–water partition coefficient (Wildman–Crippen LogP) is 6.47. The van der Waals surface area contributed by atoms with Crippen molar-refractivity contribution in [2.45, 2.75) is 65.1 Å². The fourth-order valence-corrected chi connectivity index (χ4v) is 6.10. The molecule has 2 fully saturated rings. The number of carbonyl (C=O) groups excluding carboxylic acids is 2. The third kappa shape index (κ3) is 7.58. The number of fused-ring (bicyclic) bond motifs is 1. The van der Waals surface area contributed by atoms with Gasteiger partial charge in [0, 0.05) is 61.6 Å². The number of anilines is 1. The molecule has 2 aromatic carbocycles. The van der Waals surface area contributed by atoms with Crippen LogP contribution in [-0.4, -0.2) is 85.4 Å². The van der Waals surface area contributed by atoms with Crippen molar-refractivity contribution >= 4 is 28.7 Å². The molecule has 1 saturated heterocycles. The zero-order chi connectivity index (χ0) is 32.5. The SMILES string of the molecule is COC(=O)c1ccc([C@H]2CN(CC(F)F)CCN2Cc2c(OC)cc(C)c3c2ccn3C(=O)OC(C)(C)C)cc1NCC1CC1. The van der Waals surface area contributed by atoms with E-state index in [1.54, 1.807) is 24.3 Å². The third-order valence-corrected chi connectivity index (χ3v) is 8.48. The Kier molecular flexibility index (Phi) is 9.69. The number of piperazine rings is 1. The molecular formula is C34H44F2N4O5. The first-order valence-corrected chi connectivity index (χ1v) is 15.5. The minimum atomic E-state index is -2.45. The molecule has 0 radical (unpaired) electrons. The number of benzene rings is 2. The summed E-state index contributed by atoms with van der Waals surface area (Å²) >= 11 is 0. The summed E-state index contributed by atoms with van der Waals surface area (Å²) in [5, 5.41) is 4.30. The standard InChI is InChI=1S/C34H44F2N4O5/c1-21-15-29(43-5)26(24-11-12-40(31(21)24)33(42)45-34(2,3)4)18-39-14-13-38(20-30(35)36)19-28(39)23-9-10-25(32(41)44-6)27(16-23)37-17-22-7-8-22/h9-12,15-16,22,28,30,37H,7-8,13-14,17-20H2,1-6H3/t28-/m1/s1. The van der Waals surface area contributed by atoms with E-state index in [1.807, 2.05) is 52.0 Å². The van der Waals surface area contributed by atoms with Crippen LogP contribution in [0.4, 0.5) is 19.3 Å². The number of nitrogens with zero attached hydrogens (tertiary/aromatic N) is 3. The van der Waals surface area contributed by atoms with Crippen molar-refractivity contribution in [1.29, 1.82) is 0 Å². The van der Waals surface area contributed by atoms with Crippen molar-refractivity contribution in [2.24, 2.45) is 5.92 Å². The fraction of sp³-hybridized carbons (Fsp3) is 0.529. The maximum Gasteiger partial charge on any atom is 0.419 e. The van der Waals surface area contributed by atoms with Crippen LogP contribution in [-0.2, 0) is 16.0 Å². The lowest BCUT2D eigenvalue weighted by atomic mass is 9.97. The molecule has 1 saturated carbocycles. The van der Waals surface area contributed by atoms with Crippen molar-refractivity contribution in [3.8, 4) is 5.75 Å². The highest BCUT2D eigenvalue weighted by Crippen LogP contribution is 2.37. The molecule has 9 nitrogen and oxygen atoms in total. The average molecular weight is 627 g/mol. The average Bonchev–Trinajstić information content (AvgIpc) is 3.71. The summed E-state index contributed by atoms with van der Waals surface area (Å²) in [6.45, 7) is 9.72. The first-order chi connectivity index (χ1) is 21.4. The van der Waals surface area contributed by atoms with E-state index in [4.69, 9.17) is 14.2 Å². The number of carbonyl (C=O) groups is 2. The van der Waals surface area contributed by atoms with Crippen LogP contribution in [0.5, 0.6) is 5.75 Å². The fourth-order valence-electron chi connectivity index (χ4n) is 6.10. The van der Waals surface area contributed by atoms with Crippen LogP contribution in [0, 0.1) is 12.8 Å². The number of hydrogen-bond donors (Lipinski definition) is 1. The summed E-state index contributed by atoms with van der Waals surface area (Å²) < 4.78 is 45.1. The molecule has 11 heteroatoms. The topological polar surface area (TPSA) is 85.3 Å². The molecule has 1 aliphatic heterocycles. The van der Waals surface area contributed by atoms with E-state index in [-0.39, 0.29) is 12.6 Å². The normalized spacial score (nSPS) is 17.9. The Morgan fingerprint density at radius 1 is 1.09 bits per heavy atom. The highest BCUT2D eigenvalue weighted by atomic mass is 19.3. The molecule has 1 aromatic heterocycles. The Hall–Kier alpha value is -3.70. The molecule has 5 rings (SSSR count). The van der Waals surface area contributed by atoms with Gasteiger partial charge in [-0.3, -0.25) is 14.4 Å². The van der Waals surface area contributed by atoms with Crippen molar-refractivity contribution in [1.82, 2.24) is 14.4 Å². The van der Waals surface area contributed by atoms with Crippen LogP contribution < -0.4 is 10.1 Å². The van der Waals surface area contributed by atoms with Crippen molar-refractivity contribution in [2.75, 3.05) is 52.3 Å². The number of nitrogens with one attached hydrogen (secondary N) is 1. The van der Waals surface area contributed by atoms with Gasteiger partial charge in [0.2, 0.25) is 0 Å². The van der Waals surface area contributed by atoms with Crippen LogP contribution >= 0.6 is 0 Å². The minimum Gasteiger partial charge on any atom is -0.496 e. The maximum atomic E-state index is 13.5. The molecule has 0 unspecified atom stereocenters. The number of esters is 1. The molecule has 1 aliphatic carbocycles. The summed E-state index contributed by atoms with van der Waals surface area (Å²) in [6.07, 6.45) is 1.12. The third-order valence-electron chi connectivity index (χ3n) is 8.48. The second kappa shape index (κ2) is 13.3. The van der Waals surface area contributed by atoms with Gasteiger partial charge in [0.05, 0.1) is 31.8 Å². The second-order valence-electron chi connectivity index (χ2n) is 13.1. The first-order valence-electron chi connectivity index (χ1n) is 15.5. The van der Waals surface area contributed by atoms with Crippen molar-refractivity contribution in [3.05, 3.63) is 58.8 Å². The molecule has 2 heterocycles. The monoisotopic (exact) mass is 626 g/mol. The van der Waals surface area contributed by atoms with Gasteiger partial charge in [0.1, 0.15) is 11.4 Å². The van der Waals surface area contributed by atoms with E-state index in [9.17, 15) is 18.4 Å².